The summed E-state index contributed by atoms with van der Waals surface area (Å²) in [5.74, 6) is 0.317. The fourth-order valence-corrected chi connectivity index (χ4v) is 3.37. The SMILES string of the molecule is O=C(NCc1ccc(C2COC2)cc1)c1nnc(-c2ccccc2)s1. The van der Waals surface area contributed by atoms with Crippen molar-refractivity contribution in [2.45, 2.75) is 12.5 Å². The van der Waals surface area contributed by atoms with Gasteiger partial charge < -0.3 is 10.1 Å². The summed E-state index contributed by atoms with van der Waals surface area (Å²) in [5, 5.41) is 12.1. The minimum absolute atomic E-state index is 0.198. The highest BCUT2D eigenvalue weighted by atomic mass is 32.1. The van der Waals surface area contributed by atoms with Crippen LogP contribution in [0.15, 0.2) is 54.6 Å². The molecule has 0 atom stereocenters. The first-order chi connectivity index (χ1) is 12.3. The van der Waals surface area contributed by atoms with Gasteiger partial charge in [-0.2, -0.15) is 0 Å². The third-order valence-electron chi connectivity index (χ3n) is 4.18. The van der Waals surface area contributed by atoms with Crippen molar-refractivity contribution in [2.24, 2.45) is 0 Å². The lowest BCUT2D eigenvalue weighted by molar-refractivity contribution is 0.00842. The number of nitrogens with one attached hydrogen (secondary N) is 1. The Morgan fingerprint density at radius 2 is 1.84 bits per heavy atom. The molecule has 0 unspecified atom stereocenters. The van der Waals surface area contributed by atoms with Crippen molar-refractivity contribution in [3.05, 3.63) is 70.7 Å². The van der Waals surface area contributed by atoms with Gasteiger partial charge in [0.15, 0.2) is 0 Å². The third kappa shape index (κ3) is 3.60. The van der Waals surface area contributed by atoms with Crippen LogP contribution in [0.1, 0.15) is 26.8 Å². The van der Waals surface area contributed by atoms with Crippen LogP contribution in [0.5, 0.6) is 0 Å². The molecule has 6 heteroatoms. The molecule has 1 aliphatic heterocycles. The Kier molecular flexibility index (Phi) is 4.54. The van der Waals surface area contributed by atoms with Gasteiger partial charge in [0.1, 0.15) is 5.01 Å². The molecule has 0 saturated carbocycles. The molecule has 1 aromatic heterocycles. The van der Waals surface area contributed by atoms with Crippen LogP contribution in [0.2, 0.25) is 0 Å². The summed E-state index contributed by atoms with van der Waals surface area (Å²) in [6.45, 7) is 2.08. The number of benzene rings is 2. The zero-order valence-corrected chi connectivity index (χ0v) is 14.3. The molecule has 3 aromatic rings. The van der Waals surface area contributed by atoms with Crippen LogP contribution in [0.4, 0.5) is 0 Å². The Morgan fingerprint density at radius 3 is 2.52 bits per heavy atom. The second-order valence-electron chi connectivity index (χ2n) is 5.94. The zero-order chi connectivity index (χ0) is 17.1. The van der Waals surface area contributed by atoms with Crippen LogP contribution in [0.3, 0.4) is 0 Å². The first kappa shape index (κ1) is 15.9. The molecule has 0 aliphatic carbocycles. The smallest absolute Gasteiger partial charge is 0.282 e. The topological polar surface area (TPSA) is 64.1 Å². The number of ether oxygens (including phenoxy) is 1. The number of nitrogens with zero attached hydrogens (tertiary/aromatic N) is 2. The van der Waals surface area contributed by atoms with Gasteiger partial charge in [0, 0.05) is 18.0 Å². The van der Waals surface area contributed by atoms with Gasteiger partial charge in [-0.05, 0) is 11.1 Å². The van der Waals surface area contributed by atoms with Crippen molar-refractivity contribution in [1.82, 2.24) is 15.5 Å². The molecule has 25 heavy (non-hydrogen) atoms. The number of hydrogen-bond acceptors (Lipinski definition) is 5. The first-order valence-electron chi connectivity index (χ1n) is 8.13. The molecule has 1 aliphatic rings. The minimum atomic E-state index is -0.198. The molecule has 0 radical (unpaired) electrons. The molecule has 1 fully saturated rings. The summed E-state index contributed by atoms with van der Waals surface area (Å²) in [5.41, 5.74) is 3.32. The van der Waals surface area contributed by atoms with E-state index in [1.807, 2.05) is 42.5 Å². The molecule has 1 amide bonds. The van der Waals surface area contributed by atoms with E-state index in [1.54, 1.807) is 0 Å². The standard InChI is InChI=1S/C19H17N3O2S/c23-17(19-22-21-18(25-19)15-4-2-1-3-5-15)20-10-13-6-8-14(9-7-13)16-11-24-12-16/h1-9,16H,10-12H2,(H,20,23). The van der Waals surface area contributed by atoms with Gasteiger partial charge >= 0.3 is 0 Å². The van der Waals surface area contributed by atoms with Crippen LogP contribution >= 0.6 is 11.3 Å². The van der Waals surface area contributed by atoms with Crippen molar-refractivity contribution < 1.29 is 9.53 Å². The van der Waals surface area contributed by atoms with Gasteiger partial charge in [-0.15, -0.1) is 10.2 Å². The number of hydrogen-bond donors (Lipinski definition) is 1. The molecule has 0 bridgehead atoms. The lowest BCUT2D eigenvalue weighted by atomic mass is 9.97. The second kappa shape index (κ2) is 7.13. The lowest BCUT2D eigenvalue weighted by Crippen LogP contribution is -2.25. The van der Waals surface area contributed by atoms with Crippen molar-refractivity contribution in [1.29, 1.82) is 0 Å². The number of carbonyl (C=O) groups is 1. The zero-order valence-electron chi connectivity index (χ0n) is 13.5. The summed E-state index contributed by atoms with van der Waals surface area (Å²) in [6, 6.07) is 18.0. The van der Waals surface area contributed by atoms with Gasteiger partial charge in [-0.1, -0.05) is 65.9 Å². The summed E-state index contributed by atoms with van der Waals surface area (Å²) in [6.07, 6.45) is 0. The summed E-state index contributed by atoms with van der Waals surface area (Å²) in [7, 11) is 0. The molecular weight excluding hydrogens is 334 g/mol. The van der Waals surface area contributed by atoms with Gasteiger partial charge in [0.25, 0.3) is 5.91 Å². The Morgan fingerprint density at radius 1 is 1.08 bits per heavy atom. The van der Waals surface area contributed by atoms with E-state index in [0.717, 1.165) is 29.3 Å². The highest BCUT2D eigenvalue weighted by molar-refractivity contribution is 7.16. The van der Waals surface area contributed by atoms with Gasteiger partial charge in [0.05, 0.1) is 13.2 Å². The van der Waals surface area contributed by atoms with E-state index in [-0.39, 0.29) is 5.91 Å². The van der Waals surface area contributed by atoms with Crippen LogP contribution < -0.4 is 5.32 Å². The number of aromatic nitrogens is 2. The number of amides is 1. The summed E-state index contributed by atoms with van der Waals surface area (Å²) in [4.78, 5) is 12.3. The molecule has 1 saturated heterocycles. The van der Waals surface area contributed by atoms with Crippen molar-refractivity contribution in [3.63, 3.8) is 0 Å². The van der Waals surface area contributed by atoms with E-state index in [0.29, 0.717) is 17.5 Å². The Balaban J connectivity index is 1.36. The number of rotatable bonds is 5. The molecule has 1 N–H and O–H groups in total. The quantitative estimate of drug-likeness (QED) is 0.766. The predicted molar refractivity (Wildman–Crippen MR) is 96.5 cm³/mol. The van der Waals surface area contributed by atoms with Crippen molar-refractivity contribution >= 4 is 17.2 Å². The van der Waals surface area contributed by atoms with Crippen LogP contribution in [0.25, 0.3) is 10.6 Å². The monoisotopic (exact) mass is 351 g/mol. The molecular formula is C19H17N3O2S. The fourth-order valence-electron chi connectivity index (χ4n) is 2.61. The lowest BCUT2D eigenvalue weighted by Gasteiger charge is -2.26. The normalized spacial score (nSPS) is 14.1. The minimum Gasteiger partial charge on any atom is -0.380 e. The van der Waals surface area contributed by atoms with Crippen LogP contribution in [-0.2, 0) is 11.3 Å². The molecule has 2 aromatic carbocycles. The van der Waals surface area contributed by atoms with Gasteiger partial charge in [0.2, 0.25) is 5.01 Å². The molecule has 5 nitrogen and oxygen atoms in total. The summed E-state index contributed by atoms with van der Waals surface area (Å²) < 4.78 is 5.21. The molecule has 4 rings (SSSR count). The average Bonchev–Trinajstić information content (AvgIpc) is 3.10. The predicted octanol–water partition coefficient (Wildman–Crippen LogP) is 3.25. The van der Waals surface area contributed by atoms with Gasteiger partial charge in [-0.25, -0.2) is 0 Å². The van der Waals surface area contributed by atoms with E-state index < -0.39 is 0 Å². The van der Waals surface area contributed by atoms with Crippen LogP contribution in [-0.4, -0.2) is 29.3 Å². The summed E-state index contributed by atoms with van der Waals surface area (Å²) >= 11 is 1.30. The number of carbonyl (C=O) groups excluding carboxylic acids is 1. The van der Waals surface area contributed by atoms with E-state index in [2.05, 4.69) is 27.6 Å². The van der Waals surface area contributed by atoms with Crippen molar-refractivity contribution in [2.75, 3.05) is 13.2 Å². The first-order valence-corrected chi connectivity index (χ1v) is 8.95. The van der Waals surface area contributed by atoms with E-state index in [1.165, 1.54) is 16.9 Å². The maximum absolute atomic E-state index is 12.3. The molecule has 126 valence electrons. The van der Waals surface area contributed by atoms with Crippen molar-refractivity contribution in [3.8, 4) is 10.6 Å². The Bertz CT molecular complexity index is 858. The van der Waals surface area contributed by atoms with E-state index >= 15 is 0 Å². The third-order valence-corrected chi connectivity index (χ3v) is 5.15. The van der Waals surface area contributed by atoms with Crippen LogP contribution in [0, 0.1) is 0 Å². The Hall–Kier alpha value is -2.57. The maximum atomic E-state index is 12.3. The average molecular weight is 351 g/mol. The second-order valence-corrected chi connectivity index (χ2v) is 6.91. The Labute approximate surface area is 149 Å². The molecule has 2 heterocycles. The fraction of sp³-hybridized carbons (Fsp3) is 0.211. The highest BCUT2D eigenvalue weighted by Gasteiger charge is 2.20. The largest absolute Gasteiger partial charge is 0.380 e. The van der Waals surface area contributed by atoms with E-state index in [4.69, 9.17) is 4.74 Å². The van der Waals surface area contributed by atoms with Gasteiger partial charge in [-0.3, -0.25) is 4.79 Å². The maximum Gasteiger partial charge on any atom is 0.282 e. The van der Waals surface area contributed by atoms with E-state index in [9.17, 15) is 4.79 Å². The molecule has 0 spiro atoms. The highest BCUT2D eigenvalue weighted by Crippen LogP contribution is 2.24.